The second-order valence-electron chi connectivity index (χ2n) is 3.40. The first-order valence-electron chi connectivity index (χ1n) is 5.04. The average Bonchev–Trinajstić information content (AvgIpc) is 2.17. The van der Waals surface area contributed by atoms with E-state index in [-0.39, 0.29) is 5.95 Å². The lowest BCUT2D eigenvalue weighted by atomic mass is 10.3. The largest absolute Gasteiger partial charge is 0.368 e. The van der Waals surface area contributed by atoms with Gasteiger partial charge in [0.25, 0.3) is 0 Å². The van der Waals surface area contributed by atoms with Crippen molar-refractivity contribution < 1.29 is 0 Å². The third kappa shape index (κ3) is 3.53. The molecule has 1 heterocycles. The van der Waals surface area contributed by atoms with E-state index < -0.39 is 0 Å². The van der Waals surface area contributed by atoms with E-state index in [0.717, 1.165) is 25.0 Å². The van der Waals surface area contributed by atoms with Gasteiger partial charge in [0.05, 0.1) is 0 Å². The first-order chi connectivity index (χ1) is 7.13. The van der Waals surface area contributed by atoms with Crippen LogP contribution < -0.4 is 11.1 Å². The van der Waals surface area contributed by atoms with Crippen LogP contribution in [0.5, 0.6) is 0 Å². The van der Waals surface area contributed by atoms with Gasteiger partial charge in [-0.25, -0.2) is 0 Å². The zero-order chi connectivity index (χ0) is 11.3. The zero-order valence-electron chi connectivity index (χ0n) is 9.25. The molecule has 0 atom stereocenters. The molecule has 0 fully saturated rings. The number of nitrogens with one attached hydrogen (secondary N) is 1. The van der Waals surface area contributed by atoms with Crippen LogP contribution in [0.25, 0.3) is 5.57 Å². The summed E-state index contributed by atoms with van der Waals surface area (Å²) in [6, 6.07) is 0. The number of aromatic nitrogens is 3. The lowest BCUT2D eigenvalue weighted by Gasteiger charge is -2.06. The fourth-order valence-electron chi connectivity index (χ4n) is 1.04. The molecule has 0 radical (unpaired) electrons. The van der Waals surface area contributed by atoms with E-state index in [4.69, 9.17) is 5.73 Å². The number of hydrogen-bond donors (Lipinski definition) is 2. The minimum absolute atomic E-state index is 0.224. The van der Waals surface area contributed by atoms with Crippen molar-refractivity contribution >= 4 is 17.5 Å². The number of allylic oxidation sites excluding steroid dienone is 1. The number of nitrogens with two attached hydrogens (primary N) is 1. The first-order valence-corrected chi connectivity index (χ1v) is 5.04. The highest BCUT2D eigenvalue weighted by Crippen LogP contribution is 2.09. The normalized spacial score (nSPS) is 10.0. The molecule has 3 N–H and O–H groups in total. The second kappa shape index (κ2) is 5.29. The number of nitrogens with zero attached hydrogens (tertiary/aromatic N) is 3. The van der Waals surface area contributed by atoms with Crippen molar-refractivity contribution in [2.24, 2.45) is 0 Å². The van der Waals surface area contributed by atoms with Crippen LogP contribution in [0.15, 0.2) is 6.58 Å². The Kier molecular flexibility index (Phi) is 4.03. The van der Waals surface area contributed by atoms with Crippen molar-refractivity contribution in [2.45, 2.75) is 26.7 Å². The quantitative estimate of drug-likeness (QED) is 0.718. The van der Waals surface area contributed by atoms with Crippen LogP contribution in [-0.2, 0) is 0 Å². The highest BCUT2D eigenvalue weighted by Gasteiger charge is 2.03. The Bertz CT molecular complexity index is 348. The summed E-state index contributed by atoms with van der Waals surface area (Å²) in [5, 5.41) is 3.10. The minimum atomic E-state index is 0.224. The Labute approximate surface area is 89.8 Å². The summed E-state index contributed by atoms with van der Waals surface area (Å²) >= 11 is 0. The molecule has 1 rings (SSSR count). The van der Waals surface area contributed by atoms with Gasteiger partial charge in [0.15, 0.2) is 5.82 Å². The number of anilines is 2. The molecule has 15 heavy (non-hydrogen) atoms. The molecule has 0 bridgehead atoms. The summed E-state index contributed by atoms with van der Waals surface area (Å²) in [6.07, 6.45) is 2.20. The van der Waals surface area contributed by atoms with Gasteiger partial charge in [-0.3, -0.25) is 0 Å². The summed E-state index contributed by atoms with van der Waals surface area (Å²) in [7, 11) is 0. The molecule has 0 aliphatic heterocycles. The maximum Gasteiger partial charge on any atom is 0.228 e. The van der Waals surface area contributed by atoms with Crippen LogP contribution in [0, 0.1) is 0 Å². The molecule has 0 aliphatic rings. The standard InChI is InChI=1S/C10H17N5/c1-4-5-6-12-10-14-8(7(2)3)13-9(11)15-10/h2,4-6H2,1,3H3,(H3,11,12,13,14,15). The molecule has 0 spiro atoms. The predicted molar refractivity (Wildman–Crippen MR) is 62.3 cm³/mol. The van der Waals surface area contributed by atoms with Gasteiger partial charge in [-0.05, 0) is 18.9 Å². The Morgan fingerprint density at radius 1 is 1.40 bits per heavy atom. The molecule has 5 heteroatoms. The Balaban J connectivity index is 2.75. The maximum absolute atomic E-state index is 5.56. The van der Waals surface area contributed by atoms with E-state index in [1.54, 1.807) is 0 Å². The number of hydrogen-bond acceptors (Lipinski definition) is 5. The highest BCUT2D eigenvalue weighted by molar-refractivity contribution is 5.56. The molecule has 82 valence electrons. The van der Waals surface area contributed by atoms with Crippen LogP contribution >= 0.6 is 0 Å². The van der Waals surface area contributed by atoms with Crippen LogP contribution in [0.1, 0.15) is 32.5 Å². The monoisotopic (exact) mass is 207 g/mol. The summed E-state index contributed by atoms with van der Waals surface area (Å²) in [4.78, 5) is 12.2. The fourth-order valence-corrected chi connectivity index (χ4v) is 1.04. The Hall–Kier alpha value is -1.65. The van der Waals surface area contributed by atoms with Crippen LogP contribution in [0.4, 0.5) is 11.9 Å². The topological polar surface area (TPSA) is 76.7 Å². The van der Waals surface area contributed by atoms with E-state index >= 15 is 0 Å². The molecule has 0 aliphatic carbocycles. The van der Waals surface area contributed by atoms with E-state index in [2.05, 4.69) is 33.8 Å². The maximum atomic E-state index is 5.56. The van der Waals surface area contributed by atoms with Gasteiger partial charge in [0.2, 0.25) is 11.9 Å². The lowest BCUT2D eigenvalue weighted by Crippen LogP contribution is -2.09. The van der Waals surface area contributed by atoms with Crippen LogP contribution in [-0.4, -0.2) is 21.5 Å². The van der Waals surface area contributed by atoms with Crippen LogP contribution in [0.3, 0.4) is 0 Å². The van der Waals surface area contributed by atoms with Crippen molar-refractivity contribution in [3.63, 3.8) is 0 Å². The first kappa shape index (κ1) is 11.4. The summed E-state index contributed by atoms with van der Waals surface area (Å²) in [5.41, 5.74) is 6.34. The van der Waals surface area contributed by atoms with Gasteiger partial charge in [-0.2, -0.15) is 15.0 Å². The average molecular weight is 207 g/mol. The van der Waals surface area contributed by atoms with E-state index in [0.29, 0.717) is 11.8 Å². The highest BCUT2D eigenvalue weighted by atomic mass is 15.2. The SMILES string of the molecule is C=C(C)c1nc(N)nc(NCCCC)n1. The van der Waals surface area contributed by atoms with Crippen molar-refractivity contribution in [2.75, 3.05) is 17.6 Å². The number of nitrogen functional groups attached to an aromatic ring is 1. The molecule has 1 aromatic heterocycles. The predicted octanol–water partition coefficient (Wildman–Crippen LogP) is 1.70. The van der Waals surface area contributed by atoms with Crippen LogP contribution in [0.2, 0.25) is 0 Å². The van der Waals surface area contributed by atoms with Gasteiger partial charge in [-0.15, -0.1) is 0 Å². The van der Waals surface area contributed by atoms with Crippen molar-refractivity contribution in [3.05, 3.63) is 12.4 Å². The molecule has 0 saturated heterocycles. The van der Waals surface area contributed by atoms with Gasteiger partial charge in [-0.1, -0.05) is 19.9 Å². The van der Waals surface area contributed by atoms with Crippen molar-refractivity contribution in [1.82, 2.24) is 15.0 Å². The lowest BCUT2D eigenvalue weighted by molar-refractivity contribution is 0.824. The van der Waals surface area contributed by atoms with E-state index in [1.165, 1.54) is 0 Å². The van der Waals surface area contributed by atoms with E-state index in [9.17, 15) is 0 Å². The molecule has 0 amide bonds. The third-order valence-corrected chi connectivity index (χ3v) is 1.85. The molecule has 0 aromatic carbocycles. The number of unbranched alkanes of at least 4 members (excludes halogenated alkanes) is 1. The molecule has 0 saturated carbocycles. The van der Waals surface area contributed by atoms with Gasteiger partial charge < -0.3 is 11.1 Å². The molecule has 0 unspecified atom stereocenters. The summed E-state index contributed by atoms with van der Waals surface area (Å²) in [5.74, 6) is 1.29. The fraction of sp³-hybridized carbons (Fsp3) is 0.500. The Morgan fingerprint density at radius 2 is 2.13 bits per heavy atom. The second-order valence-corrected chi connectivity index (χ2v) is 3.40. The van der Waals surface area contributed by atoms with Crippen molar-refractivity contribution in [1.29, 1.82) is 0 Å². The molecule has 5 nitrogen and oxygen atoms in total. The third-order valence-electron chi connectivity index (χ3n) is 1.85. The Morgan fingerprint density at radius 3 is 2.73 bits per heavy atom. The zero-order valence-corrected chi connectivity index (χ0v) is 9.25. The summed E-state index contributed by atoms with van der Waals surface area (Å²) in [6.45, 7) is 8.58. The smallest absolute Gasteiger partial charge is 0.228 e. The van der Waals surface area contributed by atoms with Gasteiger partial charge >= 0.3 is 0 Å². The molecular weight excluding hydrogens is 190 g/mol. The number of rotatable bonds is 5. The molecular formula is C10H17N5. The van der Waals surface area contributed by atoms with Gasteiger partial charge in [0.1, 0.15) is 0 Å². The summed E-state index contributed by atoms with van der Waals surface area (Å²) < 4.78 is 0. The minimum Gasteiger partial charge on any atom is -0.368 e. The van der Waals surface area contributed by atoms with Crippen molar-refractivity contribution in [3.8, 4) is 0 Å². The van der Waals surface area contributed by atoms with E-state index in [1.807, 2.05) is 6.92 Å². The van der Waals surface area contributed by atoms with Gasteiger partial charge in [0, 0.05) is 6.54 Å². The molecule has 1 aromatic rings.